The van der Waals surface area contributed by atoms with E-state index in [0.717, 1.165) is 48.7 Å². The van der Waals surface area contributed by atoms with Gasteiger partial charge in [-0.15, -0.1) is 0 Å². The monoisotopic (exact) mass is 353 g/mol. The maximum Gasteiger partial charge on any atom is 0.306 e. The summed E-state index contributed by atoms with van der Waals surface area (Å²) in [5, 5.41) is 9.93. The Hall–Kier alpha value is -1.26. The summed E-state index contributed by atoms with van der Waals surface area (Å²) in [6.07, 6.45) is 4.72. The third kappa shape index (κ3) is 4.87. The maximum absolute atomic E-state index is 11.2. The van der Waals surface area contributed by atoms with Gasteiger partial charge in [-0.2, -0.15) is 0 Å². The molecule has 1 fully saturated rings. The first kappa shape index (κ1) is 19.1. The van der Waals surface area contributed by atoms with Gasteiger partial charge in [0.25, 0.3) is 0 Å². The minimum absolute atomic E-state index is 0.209. The molecule has 1 aromatic carbocycles. The molecule has 0 spiro atoms. The molecule has 0 bridgehead atoms. The van der Waals surface area contributed by atoms with Crippen molar-refractivity contribution < 1.29 is 14.6 Å². The normalized spacial score (nSPS) is 17.6. The van der Waals surface area contributed by atoms with Gasteiger partial charge in [-0.1, -0.05) is 31.4 Å². The Labute approximate surface area is 149 Å². The fourth-order valence-electron chi connectivity index (χ4n) is 3.46. The average molecular weight is 354 g/mol. The number of benzene rings is 1. The molecule has 0 amide bonds. The van der Waals surface area contributed by atoms with E-state index < -0.39 is 5.97 Å². The molecule has 1 aromatic rings. The second-order valence-electron chi connectivity index (χ2n) is 6.42. The van der Waals surface area contributed by atoms with Crippen molar-refractivity contribution in [3.05, 3.63) is 28.8 Å². The van der Waals surface area contributed by atoms with Gasteiger partial charge in [-0.3, -0.25) is 9.69 Å². The SMILES string of the molecule is CCCCC(c1cc(Cl)ccc1OCC)N1CCC(C(=O)O)CC1. The Balaban J connectivity index is 2.22. The molecule has 24 heavy (non-hydrogen) atoms. The number of unbranched alkanes of at least 4 members (excludes halogenated alkanes) is 1. The molecule has 1 heterocycles. The number of aliphatic carboxylic acids is 1. The third-order valence-corrected chi connectivity index (χ3v) is 5.02. The molecule has 0 aliphatic carbocycles. The van der Waals surface area contributed by atoms with Crippen LogP contribution >= 0.6 is 11.6 Å². The first-order valence-corrected chi connectivity index (χ1v) is 9.33. The summed E-state index contributed by atoms with van der Waals surface area (Å²) in [6.45, 7) is 6.41. The number of hydrogen-bond acceptors (Lipinski definition) is 3. The summed E-state index contributed by atoms with van der Waals surface area (Å²) >= 11 is 6.25. The zero-order chi connectivity index (χ0) is 17.5. The molecule has 2 rings (SSSR count). The molecule has 4 nitrogen and oxygen atoms in total. The van der Waals surface area contributed by atoms with Gasteiger partial charge in [-0.25, -0.2) is 0 Å². The van der Waals surface area contributed by atoms with Crippen LogP contribution in [0.4, 0.5) is 0 Å². The summed E-state index contributed by atoms with van der Waals surface area (Å²) in [4.78, 5) is 13.6. The van der Waals surface area contributed by atoms with E-state index in [1.807, 2.05) is 25.1 Å². The number of carbonyl (C=O) groups is 1. The van der Waals surface area contributed by atoms with Gasteiger partial charge in [0.15, 0.2) is 0 Å². The topological polar surface area (TPSA) is 49.8 Å². The van der Waals surface area contributed by atoms with Gasteiger partial charge in [0.1, 0.15) is 5.75 Å². The van der Waals surface area contributed by atoms with E-state index in [9.17, 15) is 9.90 Å². The van der Waals surface area contributed by atoms with Gasteiger partial charge in [0, 0.05) is 16.6 Å². The quantitative estimate of drug-likeness (QED) is 0.731. The van der Waals surface area contributed by atoms with Crippen molar-refractivity contribution >= 4 is 17.6 Å². The van der Waals surface area contributed by atoms with E-state index in [1.165, 1.54) is 0 Å². The van der Waals surface area contributed by atoms with Crippen molar-refractivity contribution in [3.63, 3.8) is 0 Å². The number of nitrogens with zero attached hydrogens (tertiary/aromatic N) is 1. The summed E-state index contributed by atoms with van der Waals surface area (Å²) in [5.41, 5.74) is 1.13. The van der Waals surface area contributed by atoms with Crippen LogP contribution < -0.4 is 4.74 Å². The van der Waals surface area contributed by atoms with Crippen LogP contribution in [0.5, 0.6) is 5.75 Å². The lowest BCUT2D eigenvalue weighted by Gasteiger charge is -2.37. The van der Waals surface area contributed by atoms with E-state index in [1.54, 1.807) is 0 Å². The molecule has 1 saturated heterocycles. The minimum Gasteiger partial charge on any atom is -0.494 e. The van der Waals surface area contributed by atoms with Crippen LogP contribution in [-0.2, 0) is 4.79 Å². The molecule has 1 N–H and O–H groups in total. The standard InChI is InChI=1S/C19H28ClNO3/c1-3-5-6-17(21-11-9-14(10-12-21)19(22)23)16-13-15(20)7-8-18(16)24-4-2/h7-8,13-14,17H,3-6,9-12H2,1-2H3,(H,22,23). The van der Waals surface area contributed by atoms with Crippen LogP contribution in [0.2, 0.25) is 5.02 Å². The zero-order valence-electron chi connectivity index (χ0n) is 14.6. The number of carboxylic acids is 1. The molecule has 1 atom stereocenters. The predicted molar refractivity (Wildman–Crippen MR) is 96.8 cm³/mol. The van der Waals surface area contributed by atoms with Crippen molar-refractivity contribution in [1.29, 1.82) is 0 Å². The number of ether oxygens (including phenoxy) is 1. The summed E-state index contributed by atoms with van der Waals surface area (Å²) in [5.74, 6) is 0.0136. The number of likely N-dealkylation sites (tertiary alicyclic amines) is 1. The lowest BCUT2D eigenvalue weighted by molar-refractivity contribution is -0.143. The average Bonchev–Trinajstić information content (AvgIpc) is 2.58. The van der Waals surface area contributed by atoms with E-state index in [4.69, 9.17) is 16.3 Å². The highest BCUT2D eigenvalue weighted by molar-refractivity contribution is 6.30. The molecule has 0 saturated carbocycles. The van der Waals surface area contributed by atoms with E-state index >= 15 is 0 Å². The molecule has 1 aliphatic rings. The van der Waals surface area contributed by atoms with Crippen LogP contribution in [-0.4, -0.2) is 35.7 Å². The van der Waals surface area contributed by atoms with Gasteiger partial charge >= 0.3 is 5.97 Å². The van der Waals surface area contributed by atoms with Crippen molar-refractivity contribution in [2.75, 3.05) is 19.7 Å². The number of piperidine rings is 1. The molecule has 1 aliphatic heterocycles. The third-order valence-electron chi connectivity index (χ3n) is 4.78. The molecule has 0 aromatic heterocycles. The van der Waals surface area contributed by atoms with Gasteiger partial charge in [-0.05, 0) is 57.5 Å². The predicted octanol–water partition coefficient (Wildman–Crippen LogP) is 4.77. The molecular weight excluding hydrogens is 326 g/mol. The molecule has 0 radical (unpaired) electrons. The fourth-order valence-corrected chi connectivity index (χ4v) is 3.64. The smallest absolute Gasteiger partial charge is 0.306 e. The Morgan fingerprint density at radius 3 is 2.67 bits per heavy atom. The molecule has 5 heteroatoms. The van der Waals surface area contributed by atoms with Gasteiger partial charge in [0.05, 0.1) is 12.5 Å². The molecular formula is C19H28ClNO3. The molecule has 134 valence electrons. The van der Waals surface area contributed by atoms with Crippen LogP contribution in [0, 0.1) is 5.92 Å². The van der Waals surface area contributed by atoms with Crippen LogP contribution in [0.1, 0.15) is 57.6 Å². The van der Waals surface area contributed by atoms with Gasteiger partial charge in [0.2, 0.25) is 0 Å². The zero-order valence-corrected chi connectivity index (χ0v) is 15.4. The van der Waals surface area contributed by atoms with Crippen molar-refractivity contribution in [1.82, 2.24) is 4.90 Å². The lowest BCUT2D eigenvalue weighted by Crippen LogP contribution is -2.39. The van der Waals surface area contributed by atoms with Crippen LogP contribution in [0.15, 0.2) is 18.2 Å². The summed E-state index contributed by atoms with van der Waals surface area (Å²) in [6, 6.07) is 6.06. The van der Waals surface area contributed by atoms with Crippen LogP contribution in [0.3, 0.4) is 0 Å². The summed E-state index contributed by atoms with van der Waals surface area (Å²) in [7, 11) is 0. The Kier molecular flexibility index (Phi) is 7.38. The Morgan fingerprint density at radius 1 is 1.38 bits per heavy atom. The lowest BCUT2D eigenvalue weighted by atomic mass is 9.92. The first-order valence-electron chi connectivity index (χ1n) is 8.95. The number of hydrogen-bond donors (Lipinski definition) is 1. The summed E-state index contributed by atoms with van der Waals surface area (Å²) < 4.78 is 5.82. The minimum atomic E-state index is -0.669. The van der Waals surface area contributed by atoms with Crippen molar-refractivity contribution in [3.8, 4) is 5.75 Å². The maximum atomic E-state index is 11.2. The van der Waals surface area contributed by atoms with E-state index in [0.29, 0.717) is 19.4 Å². The highest BCUT2D eigenvalue weighted by atomic mass is 35.5. The van der Waals surface area contributed by atoms with E-state index in [-0.39, 0.29) is 12.0 Å². The Morgan fingerprint density at radius 2 is 2.08 bits per heavy atom. The second kappa shape index (κ2) is 9.28. The van der Waals surface area contributed by atoms with Crippen LogP contribution in [0.25, 0.3) is 0 Å². The second-order valence-corrected chi connectivity index (χ2v) is 6.86. The largest absolute Gasteiger partial charge is 0.494 e. The highest BCUT2D eigenvalue weighted by Crippen LogP contribution is 2.37. The number of halogens is 1. The Bertz CT molecular complexity index is 541. The number of rotatable bonds is 8. The van der Waals surface area contributed by atoms with E-state index in [2.05, 4.69) is 11.8 Å². The van der Waals surface area contributed by atoms with Gasteiger partial charge < -0.3 is 9.84 Å². The van der Waals surface area contributed by atoms with Crippen molar-refractivity contribution in [2.45, 2.75) is 52.0 Å². The van der Waals surface area contributed by atoms with Crippen molar-refractivity contribution in [2.24, 2.45) is 5.92 Å². The molecule has 1 unspecified atom stereocenters. The highest BCUT2D eigenvalue weighted by Gasteiger charge is 2.30. The number of carboxylic acid groups (broad SMARTS) is 1. The first-order chi connectivity index (χ1) is 11.6. The fraction of sp³-hybridized carbons (Fsp3) is 0.632.